The molecular weight excluding hydrogens is 608 g/mol. The Morgan fingerprint density at radius 3 is 2.19 bits per heavy atom. The Hall–Kier alpha value is -2.66. The summed E-state index contributed by atoms with van der Waals surface area (Å²) in [5.41, 5.74) is 0.643. The molecule has 2 aliphatic heterocycles. The molecule has 0 aromatic heterocycles. The predicted molar refractivity (Wildman–Crippen MR) is 157 cm³/mol. The second kappa shape index (κ2) is 11.7. The maximum Gasteiger partial charge on any atom is 0.490 e. The standard InChI is InChI=1S/C29H34Cl2N2O3.C2HF3O2/c1-27(2,3)15-23-29(20-9-8-19(31)12-21(20)32-26(29)35)24(17-6-5-7-18(30)11-17)25(33-23)22(34)10-16-13-28(4,36)14-16;3-2(4,5)1(6)7/h5-9,11-12,16,23-25,33,36H,10,13-15H2,1-4H3,(H,32,35);(H,6,7)/t16?,23-,24-,25-,28?,29+;/m0./s1. The topological polar surface area (TPSA) is 116 Å². The number of carboxylic acid groups (broad SMARTS) is 1. The number of nitrogens with one attached hydrogen (secondary N) is 2. The fourth-order valence-corrected chi connectivity index (χ4v) is 7.28. The van der Waals surface area contributed by atoms with E-state index in [0.717, 1.165) is 11.1 Å². The summed E-state index contributed by atoms with van der Waals surface area (Å²) in [5.74, 6) is -3.10. The third-order valence-electron chi connectivity index (χ3n) is 8.37. The van der Waals surface area contributed by atoms with Gasteiger partial charge in [-0.05, 0) is 72.9 Å². The van der Waals surface area contributed by atoms with Gasteiger partial charge in [0.25, 0.3) is 0 Å². The van der Waals surface area contributed by atoms with E-state index < -0.39 is 35.1 Å². The highest BCUT2D eigenvalue weighted by Crippen LogP contribution is 2.57. The SMILES string of the molecule is CC(C)(C)C[C@@H]1N[C@@H](C(=O)CC2CC(C)(O)C2)[C@H](c2cccc(Cl)c2)[C@]12C(=O)Nc1cc(Cl)ccc12.O=C(O)C(F)(F)F. The van der Waals surface area contributed by atoms with Crippen molar-refractivity contribution in [1.82, 2.24) is 5.32 Å². The van der Waals surface area contributed by atoms with Crippen LogP contribution in [0.3, 0.4) is 0 Å². The lowest BCUT2D eigenvalue weighted by molar-refractivity contribution is -0.192. The van der Waals surface area contributed by atoms with Crippen molar-refractivity contribution in [3.63, 3.8) is 0 Å². The molecule has 43 heavy (non-hydrogen) atoms. The van der Waals surface area contributed by atoms with Crippen molar-refractivity contribution in [2.75, 3.05) is 5.32 Å². The van der Waals surface area contributed by atoms with Crippen LogP contribution in [-0.4, -0.2) is 51.7 Å². The zero-order valence-electron chi connectivity index (χ0n) is 24.2. The van der Waals surface area contributed by atoms with Gasteiger partial charge < -0.3 is 20.8 Å². The Morgan fingerprint density at radius 2 is 1.65 bits per heavy atom. The molecule has 4 N–H and O–H groups in total. The molecule has 5 rings (SSSR count). The van der Waals surface area contributed by atoms with E-state index in [1.165, 1.54) is 0 Å². The van der Waals surface area contributed by atoms with E-state index in [-0.39, 0.29) is 29.1 Å². The van der Waals surface area contributed by atoms with Crippen LogP contribution >= 0.6 is 23.2 Å². The van der Waals surface area contributed by atoms with Gasteiger partial charge in [0.15, 0.2) is 5.78 Å². The van der Waals surface area contributed by atoms with Gasteiger partial charge in [0.2, 0.25) is 5.91 Å². The minimum absolute atomic E-state index is 0.0754. The van der Waals surface area contributed by atoms with Gasteiger partial charge >= 0.3 is 12.1 Å². The minimum Gasteiger partial charge on any atom is -0.475 e. The summed E-state index contributed by atoms with van der Waals surface area (Å²) in [7, 11) is 0. The van der Waals surface area contributed by atoms with Gasteiger partial charge in [0, 0.05) is 34.1 Å². The molecule has 1 spiro atoms. The third-order valence-corrected chi connectivity index (χ3v) is 8.84. The average Bonchev–Trinajstić information content (AvgIpc) is 3.31. The number of hydrogen-bond donors (Lipinski definition) is 4. The first kappa shape index (κ1) is 33.2. The average molecular weight is 644 g/mol. The number of anilines is 1. The number of aliphatic hydroxyl groups is 1. The van der Waals surface area contributed by atoms with Gasteiger partial charge in [0.05, 0.1) is 11.6 Å². The molecular formula is C31H35Cl2F3N2O5. The highest BCUT2D eigenvalue weighted by atomic mass is 35.5. The lowest BCUT2D eigenvalue weighted by Crippen LogP contribution is -2.49. The van der Waals surface area contributed by atoms with Gasteiger partial charge in [-0.25, -0.2) is 4.79 Å². The highest BCUT2D eigenvalue weighted by molar-refractivity contribution is 6.31. The number of ketones is 1. The van der Waals surface area contributed by atoms with Gasteiger partial charge in [-0.3, -0.25) is 9.59 Å². The molecule has 0 unspecified atom stereocenters. The number of aliphatic carboxylic acids is 1. The molecule has 2 fully saturated rings. The summed E-state index contributed by atoms with van der Waals surface area (Å²) in [6.07, 6.45) is -2.78. The van der Waals surface area contributed by atoms with Crippen molar-refractivity contribution >= 4 is 46.5 Å². The number of alkyl halides is 3. The van der Waals surface area contributed by atoms with E-state index in [0.29, 0.717) is 41.4 Å². The number of amides is 1. The van der Waals surface area contributed by atoms with Crippen molar-refractivity contribution in [1.29, 1.82) is 0 Å². The van der Waals surface area contributed by atoms with Crippen LogP contribution in [0.1, 0.15) is 70.4 Å². The molecule has 2 aromatic carbocycles. The number of halogens is 5. The number of fused-ring (bicyclic) bond motifs is 2. The molecule has 1 amide bonds. The van der Waals surface area contributed by atoms with E-state index in [1.807, 2.05) is 43.3 Å². The monoisotopic (exact) mass is 642 g/mol. The maximum absolute atomic E-state index is 14.1. The van der Waals surface area contributed by atoms with Gasteiger partial charge in [-0.2, -0.15) is 13.2 Å². The molecule has 3 aliphatic rings. The molecule has 0 radical (unpaired) electrons. The second-order valence-corrected chi connectivity index (χ2v) is 14.1. The Labute approximate surface area is 258 Å². The molecule has 12 heteroatoms. The Bertz CT molecular complexity index is 1420. The molecule has 1 saturated heterocycles. The molecule has 1 saturated carbocycles. The largest absolute Gasteiger partial charge is 0.490 e. The Balaban J connectivity index is 0.000000541. The fourth-order valence-electron chi connectivity index (χ4n) is 6.91. The lowest BCUT2D eigenvalue weighted by Gasteiger charge is -2.41. The quantitative estimate of drug-likeness (QED) is 0.296. The zero-order valence-corrected chi connectivity index (χ0v) is 25.7. The van der Waals surface area contributed by atoms with Crippen LogP contribution in [0.2, 0.25) is 10.0 Å². The van der Waals surface area contributed by atoms with Crippen molar-refractivity contribution < 1.29 is 37.8 Å². The number of carboxylic acids is 1. The van der Waals surface area contributed by atoms with Crippen molar-refractivity contribution in [3.05, 3.63) is 63.6 Å². The molecule has 2 heterocycles. The number of benzene rings is 2. The van der Waals surface area contributed by atoms with Crippen LogP contribution in [-0.2, 0) is 19.8 Å². The highest BCUT2D eigenvalue weighted by Gasteiger charge is 2.65. The summed E-state index contributed by atoms with van der Waals surface area (Å²) in [4.78, 5) is 36.9. The number of hydrogen-bond acceptors (Lipinski definition) is 5. The number of rotatable bonds is 5. The van der Waals surface area contributed by atoms with Crippen LogP contribution in [0.15, 0.2) is 42.5 Å². The summed E-state index contributed by atoms with van der Waals surface area (Å²) < 4.78 is 31.7. The minimum atomic E-state index is -5.08. The van der Waals surface area contributed by atoms with E-state index in [9.17, 15) is 27.9 Å². The predicted octanol–water partition coefficient (Wildman–Crippen LogP) is 6.50. The number of Topliss-reactive ketones (excluding diaryl/α,β-unsaturated/α-hetero) is 1. The zero-order chi connectivity index (χ0) is 32.1. The normalized spacial score (nSPS) is 29.8. The molecule has 0 bridgehead atoms. The van der Waals surface area contributed by atoms with E-state index in [2.05, 4.69) is 31.4 Å². The van der Waals surface area contributed by atoms with Crippen LogP contribution in [0.4, 0.5) is 18.9 Å². The number of carbonyl (C=O) groups is 3. The van der Waals surface area contributed by atoms with Crippen molar-refractivity contribution in [2.24, 2.45) is 11.3 Å². The summed E-state index contributed by atoms with van der Waals surface area (Å²) >= 11 is 12.7. The first-order valence-corrected chi connectivity index (χ1v) is 14.7. The van der Waals surface area contributed by atoms with Crippen molar-refractivity contribution in [3.8, 4) is 0 Å². The Kier molecular flexibility index (Phi) is 9.03. The van der Waals surface area contributed by atoms with E-state index >= 15 is 0 Å². The van der Waals surface area contributed by atoms with Gasteiger partial charge in [0.1, 0.15) is 5.41 Å². The fraction of sp³-hybridized carbons (Fsp3) is 0.516. The Morgan fingerprint density at radius 1 is 1.05 bits per heavy atom. The van der Waals surface area contributed by atoms with Crippen LogP contribution < -0.4 is 10.6 Å². The van der Waals surface area contributed by atoms with Crippen LogP contribution in [0.5, 0.6) is 0 Å². The summed E-state index contributed by atoms with van der Waals surface area (Å²) in [5, 5.41) is 25.2. The molecule has 4 atom stereocenters. The molecule has 7 nitrogen and oxygen atoms in total. The number of carbonyl (C=O) groups excluding carboxylic acids is 2. The summed E-state index contributed by atoms with van der Waals surface area (Å²) in [6.45, 7) is 8.27. The maximum atomic E-state index is 14.1. The smallest absolute Gasteiger partial charge is 0.475 e. The van der Waals surface area contributed by atoms with Crippen LogP contribution in [0.25, 0.3) is 0 Å². The van der Waals surface area contributed by atoms with Gasteiger partial charge in [-0.15, -0.1) is 0 Å². The van der Waals surface area contributed by atoms with Crippen LogP contribution in [0, 0.1) is 11.3 Å². The summed E-state index contributed by atoms with van der Waals surface area (Å²) in [6, 6.07) is 12.2. The molecule has 234 valence electrons. The second-order valence-electron chi connectivity index (χ2n) is 13.3. The van der Waals surface area contributed by atoms with Gasteiger partial charge in [-0.1, -0.05) is 62.2 Å². The first-order chi connectivity index (χ1) is 19.7. The molecule has 2 aromatic rings. The lowest BCUT2D eigenvalue weighted by atomic mass is 9.61. The van der Waals surface area contributed by atoms with E-state index in [4.69, 9.17) is 33.1 Å². The molecule has 1 aliphatic carbocycles. The third kappa shape index (κ3) is 6.87. The van der Waals surface area contributed by atoms with Crippen molar-refractivity contribution in [2.45, 2.75) is 88.6 Å². The van der Waals surface area contributed by atoms with E-state index in [1.54, 1.807) is 6.07 Å². The first-order valence-electron chi connectivity index (χ1n) is 13.9.